The molecule has 4 heteroatoms. The molecule has 0 spiro atoms. The Hall–Kier alpha value is -5.19. The highest BCUT2D eigenvalue weighted by atomic mass is 16.3. The molecule has 186 valence electrons. The molecule has 40 heavy (non-hydrogen) atoms. The maximum atomic E-state index is 6.70. The van der Waals surface area contributed by atoms with E-state index in [1.54, 1.807) is 0 Å². The van der Waals surface area contributed by atoms with Crippen molar-refractivity contribution in [3.05, 3.63) is 115 Å². The molecule has 8 aromatic rings. The van der Waals surface area contributed by atoms with Crippen LogP contribution in [-0.2, 0) is 0 Å². The van der Waals surface area contributed by atoms with Gasteiger partial charge < -0.3 is 4.42 Å². The molecular weight excluding hydrogens is 490 g/mol. The van der Waals surface area contributed by atoms with Crippen LogP contribution in [0.25, 0.3) is 71.0 Å². The maximum absolute atomic E-state index is 6.70. The molecule has 3 aromatic heterocycles. The second-order valence-electron chi connectivity index (χ2n) is 10.9. The minimum absolute atomic E-state index is 0.216. The first-order valence-electron chi connectivity index (χ1n) is 13.8. The summed E-state index contributed by atoms with van der Waals surface area (Å²) in [6.45, 7) is 0. The van der Waals surface area contributed by atoms with Gasteiger partial charge in [-0.05, 0) is 58.3 Å². The zero-order chi connectivity index (χ0) is 25.9. The highest BCUT2D eigenvalue weighted by Crippen LogP contribution is 2.47. The number of hydrogen-bond acceptors (Lipinski definition) is 2. The number of fused-ring (bicyclic) bond motifs is 12. The number of allylic oxidation sites excluding steroid dienone is 2. The van der Waals surface area contributed by atoms with Gasteiger partial charge in [0.05, 0.1) is 16.4 Å². The van der Waals surface area contributed by atoms with E-state index in [-0.39, 0.29) is 6.04 Å². The van der Waals surface area contributed by atoms with E-state index >= 15 is 0 Å². The Morgan fingerprint density at radius 1 is 0.700 bits per heavy atom. The lowest BCUT2D eigenvalue weighted by atomic mass is 9.97. The van der Waals surface area contributed by atoms with E-state index in [1.165, 1.54) is 49.3 Å². The van der Waals surface area contributed by atoms with Crippen LogP contribution < -0.4 is 5.32 Å². The number of furan rings is 1. The van der Waals surface area contributed by atoms with Gasteiger partial charge in [0, 0.05) is 21.5 Å². The monoisotopic (exact) mass is 512 g/mol. The third-order valence-corrected chi connectivity index (χ3v) is 8.85. The standard InChI is InChI=1S/C36H21N3O/c1-2-9-22-20(7-1)8-5-10-23(22)21-15-18-31-28(19-21)26-17-16-25-24-11-6-12-27-32-36(38-30-14-4-3-13-29(30)37-32)39(33(24)27)34(25)35(26)40-31/h1-19,29,37H/p+1. The van der Waals surface area contributed by atoms with Crippen LogP contribution in [0.4, 0.5) is 11.5 Å². The van der Waals surface area contributed by atoms with E-state index < -0.39 is 0 Å². The highest BCUT2D eigenvalue weighted by Gasteiger charge is 2.32. The molecule has 0 amide bonds. The van der Waals surface area contributed by atoms with E-state index in [0.717, 1.165) is 39.0 Å². The summed E-state index contributed by atoms with van der Waals surface area (Å²) in [5, 5.41) is 10.8. The third-order valence-electron chi connectivity index (χ3n) is 8.85. The molecule has 1 aliphatic heterocycles. The van der Waals surface area contributed by atoms with Crippen LogP contribution in [0.1, 0.15) is 0 Å². The molecule has 1 aliphatic carbocycles. The third kappa shape index (κ3) is 2.52. The van der Waals surface area contributed by atoms with Gasteiger partial charge in [0.1, 0.15) is 11.3 Å². The molecule has 1 atom stereocenters. The van der Waals surface area contributed by atoms with Gasteiger partial charge in [-0.1, -0.05) is 78.9 Å². The summed E-state index contributed by atoms with van der Waals surface area (Å²) in [4.78, 5) is 5.22. The van der Waals surface area contributed by atoms with Crippen LogP contribution in [0, 0.1) is 0 Å². The minimum Gasteiger partial charge on any atom is -0.454 e. The predicted molar refractivity (Wildman–Crippen MR) is 165 cm³/mol. The summed E-state index contributed by atoms with van der Waals surface area (Å²) < 4.78 is 9.04. The van der Waals surface area contributed by atoms with Crippen LogP contribution in [0.15, 0.2) is 125 Å². The number of nitrogens with two attached hydrogens (primary N) is 1. The number of benzene rings is 5. The fourth-order valence-electron chi connectivity index (χ4n) is 7.07. The summed E-state index contributed by atoms with van der Waals surface area (Å²) >= 11 is 0. The highest BCUT2D eigenvalue weighted by molar-refractivity contribution is 6.26. The van der Waals surface area contributed by atoms with Crippen molar-refractivity contribution in [2.45, 2.75) is 6.04 Å². The predicted octanol–water partition coefficient (Wildman–Crippen LogP) is 8.18. The number of aliphatic imine (C=N–C) groups is 1. The number of para-hydroxylation sites is 1. The summed E-state index contributed by atoms with van der Waals surface area (Å²) in [6, 6.07) is 33.0. The van der Waals surface area contributed by atoms with Crippen LogP contribution in [0.2, 0.25) is 0 Å². The number of quaternary nitrogens is 1. The molecule has 2 aliphatic rings. The molecule has 4 nitrogen and oxygen atoms in total. The molecular formula is C36H22N3O+. The van der Waals surface area contributed by atoms with Crippen molar-refractivity contribution in [2.75, 3.05) is 0 Å². The van der Waals surface area contributed by atoms with Crippen molar-refractivity contribution in [3.8, 4) is 11.1 Å². The van der Waals surface area contributed by atoms with Crippen LogP contribution in [-0.4, -0.2) is 16.2 Å². The van der Waals surface area contributed by atoms with Crippen molar-refractivity contribution < 1.29 is 9.73 Å². The molecule has 2 N–H and O–H groups in total. The molecule has 0 fully saturated rings. The van der Waals surface area contributed by atoms with Gasteiger partial charge in [0.25, 0.3) is 0 Å². The summed E-state index contributed by atoms with van der Waals surface area (Å²) in [7, 11) is 0. The minimum atomic E-state index is 0.216. The number of nitrogens with zero attached hydrogens (tertiary/aromatic N) is 2. The van der Waals surface area contributed by atoms with Gasteiger partial charge in [-0.25, -0.2) is 4.99 Å². The Morgan fingerprint density at radius 3 is 2.52 bits per heavy atom. The van der Waals surface area contributed by atoms with Gasteiger partial charge in [-0.3, -0.25) is 9.72 Å². The van der Waals surface area contributed by atoms with E-state index in [9.17, 15) is 0 Å². The van der Waals surface area contributed by atoms with Gasteiger partial charge >= 0.3 is 0 Å². The molecule has 0 bridgehead atoms. The lowest BCUT2D eigenvalue weighted by Crippen LogP contribution is -2.87. The molecule has 0 saturated heterocycles. The van der Waals surface area contributed by atoms with Crippen molar-refractivity contribution >= 4 is 77.1 Å². The van der Waals surface area contributed by atoms with Crippen LogP contribution in [0.5, 0.6) is 0 Å². The van der Waals surface area contributed by atoms with Gasteiger partial charge in [0.15, 0.2) is 17.3 Å². The van der Waals surface area contributed by atoms with Crippen molar-refractivity contribution in [1.82, 2.24) is 4.40 Å². The molecule has 4 heterocycles. The zero-order valence-corrected chi connectivity index (χ0v) is 21.4. The molecule has 5 aromatic carbocycles. The topological polar surface area (TPSA) is 46.5 Å². The quantitative estimate of drug-likeness (QED) is 0.237. The van der Waals surface area contributed by atoms with E-state index in [2.05, 4.69) is 125 Å². The molecule has 0 saturated carbocycles. The van der Waals surface area contributed by atoms with Crippen molar-refractivity contribution in [1.29, 1.82) is 0 Å². The SMILES string of the molecule is C1=CC2=Nc3c(c4cccc5c6ccc7c8cc(-c9cccc%10ccccc9%10)ccc8oc7c6n3c45)[NH2+]C2C=C1. The first-order chi connectivity index (χ1) is 19.8. The normalized spacial score (nSPS) is 16.6. The number of rotatable bonds is 1. The fourth-order valence-corrected chi connectivity index (χ4v) is 7.07. The average molecular weight is 513 g/mol. The Kier molecular flexibility index (Phi) is 3.76. The second kappa shape index (κ2) is 7.26. The molecule has 0 radical (unpaired) electrons. The largest absolute Gasteiger partial charge is 0.454 e. The van der Waals surface area contributed by atoms with Crippen LogP contribution >= 0.6 is 0 Å². The number of aromatic nitrogens is 1. The first kappa shape index (κ1) is 20.7. The molecule has 1 unspecified atom stereocenters. The van der Waals surface area contributed by atoms with E-state index in [4.69, 9.17) is 9.41 Å². The zero-order valence-electron chi connectivity index (χ0n) is 21.4. The summed E-state index contributed by atoms with van der Waals surface area (Å²) in [5.41, 5.74) is 8.86. The van der Waals surface area contributed by atoms with Gasteiger partial charge in [-0.2, -0.15) is 0 Å². The van der Waals surface area contributed by atoms with E-state index in [1.807, 2.05) is 0 Å². The fraction of sp³-hybridized carbons (Fsp3) is 0.0278. The smallest absolute Gasteiger partial charge is 0.201 e. The maximum Gasteiger partial charge on any atom is 0.201 e. The Bertz CT molecular complexity index is 2460. The lowest BCUT2D eigenvalue weighted by Gasteiger charge is -2.18. The average Bonchev–Trinajstić information content (AvgIpc) is 3.66. The second-order valence-corrected chi connectivity index (χ2v) is 10.9. The Labute approximate surface area is 228 Å². The van der Waals surface area contributed by atoms with Gasteiger partial charge in [0.2, 0.25) is 5.82 Å². The van der Waals surface area contributed by atoms with Gasteiger partial charge in [-0.15, -0.1) is 0 Å². The lowest BCUT2D eigenvalue weighted by molar-refractivity contribution is -0.580. The van der Waals surface area contributed by atoms with Crippen LogP contribution in [0.3, 0.4) is 0 Å². The first-order valence-corrected chi connectivity index (χ1v) is 13.8. The number of hydrogen-bond donors (Lipinski definition) is 1. The van der Waals surface area contributed by atoms with Crippen molar-refractivity contribution in [3.63, 3.8) is 0 Å². The summed E-state index contributed by atoms with van der Waals surface area (Å²) in [6.07, 6.45) is 8.54. The Balaban J connectivity index is 1.30. The summed E-state index contributed by atoms with van der Waals surface area (Å²) in [5.74, 6) is 0.997. The Morgan fingerprint density at radius 2 is 1.52 bits per heavy atom. The van der Waals surface area contributed by atoms with E-state index in [0.29, 0.717) is 0 Å². The molecule has 10 rings (SSSR count). The van der Waals surface area contributed by atoms with Crippen molar-refractivity contribution in [2.24, 2.45) is 4.99 Å².